The molecule has 0 unspecified atom stereocenters. The van der Waals surface area contributed by atoms with Crippen molar-refractivity contribution in [3.8, 4) is 16.9 Å². The standard InChI is InChI=1S/C17H12BrCl2N3/c18-11-3-1-10(2-4-11)16-13-7-8-21-17(13)23(22-16)15-6-5-12(19)9-14(15)20/h1-6,9,21H,7-8H2. The molecule has 1 aliphatic rings. The molecule has 2 aromatic carbocycles. The van der Waals surface area contributed by atoms with E-state index in [0.717, 1.165) is 40.2 Å². The summed E-state index contributed by atoms with van der Waals surface area (Å²) in [5.74, 6) is 1.01. The maximum Gasteiger partial charge on any atom is 0.133 e. The summed E-state index contributed by atoms with van der Waals surface area (Å²) in [6.07, 6.45) is 0.950. The molecule has 1 aliphatic heterocycles. The van der Waals surface area contributed by atoms with Gasteiger partial charge in [0.25, 0.3) is 0 Å². The van der Waals surface area contributed by atoms with Crippen LogP contribution in [0.5, 0.6) is 0 Å². The van der Waals surface area contributed by atoms with Crippen LogP contribution in [0.2, 0.25) is 10.0 Å². The fourth-order valence-electron chi connectivity index (χ4n) is 2.84. The van der Waals surface area contributed by atoms with E-state index in [0.29, 0.717) is 10.0 Å². The van der Waals surface area contributed by atoms with Crippen LogP contribution in [0, 0.1) is 0 Å². The zero-order valence-corrected chi connectivity index (χ0v) is 15.1. The van der Waals surface area contributed by atoms with Gasteiger partial charge < -0.3 is 5.32 Å². The largest absolute Gasteiger partial charge is 0.369 e. The lowest BCUT2D eigenvalue weighted by atomic mass is 10.1. The Bertz CT molecular complexity index is 888. The Morgan fingerprint density at radius 2 is 1.87 bits per heavy atom. The van der Waals surface area contributed by atoms with Gasteiger partial charge in [-0.25, -0.2) is 4.68 Å². The molecule has 0 amide bonds. The van der Waals surface area contributed by atoms with Crippen molar-refractivity contribution in [3.63, 3.8) is 0 Å². The van der Waals surface area contributed by atoms with Crippen LogP contribution in [0.3, 0.4) is 0 Å². The van der Waals surface area contributed by atoms with Gasteiger partial charge in [0, 0.05) is 27.2 Å². The highest BCUT2D eigenvalue weighted by molar-refractivity contribution is 9.10. The van der Waals surface area contributed by atoms with Crippen LogP contribution in [0.4, 0.5) is 5.82 Å². The van der Waals surface area contributed by atoms with E-state index in [-0.39, 0.29) is 0 Å². The van der Waals surface area contributed by atoms with Crippen molar-refractivity contribution >= 4 is 44.9 Å². The Morgan fingerprint density at radius 3 is 2.61 bits per heavy atom. The molecule has 3 aromatic rings. The average Bonchev–Trinajstić information content (AvgIpc) is 3.11. The summed E-state index contributed by atoms with van der Waals surface area (Å²) in [4.78, 5) is 0. The summed E-state index contributed by atoms with van der Waals surface area (Å²) < 4.78 is 2.93. The van der Waals surface area contributed by atoms with Crippen molar-refractivity contribution in [2.24, 2.45) is 0 Å². The molecule has 0 atom stereocenters. The van der Waals surface area contributed by atoms with Crippen LogP contribution in [0.25, 0.3) is 16.9 Å². The first kappa shape index (κ1) is 15.1. The highest BCUT2D eigenvalue weighted by Gasteiger charge is 2.24. The third-order valence-electron chi connectivity index (χ3n) is 3.91. The third kappa shape index (κ3) is 2.65. The SMILES string of the molecule is Clc1ccc(-n2nc(-c3ccc(Br)cc3)c3c2NCC3)c(Cl)c1. The van der Waals surface area contributed by atoms with Crippen LogP contribution in [0.1, 0.15) is 5.56 Å². The first-order valence-corrected chi connectivity index (χ1v) is 8.75. The summed E-state index contributed by atoms with van der Waals surface area (Å²) >= 11 is 15.8. The van der Waals surface area contributed by atoms with Crippen molar-refractivity contribution in [2.45, 2.75) is 6.42 Å². The molecule has 0 fully saturated rings. The molecule has 23 heavy (non-hydrogen) atoms. The van der Waals surface area contributed by atoms with E-state index in [1.807, 2.05) is 28.9 Å². The van der Waals surface area contributed by atoms with Crippen LogP contribution >= 0.6 is 39.1 Å². The molecule has 0 radical (unpaired) electrons. The molecule has 0 saturated heterocycles. The van der Waals surface area contributed by atoms with Crippen LogP contribution in [0.15, 0.2) is 46.9 Å². The number of benzene rings is 2. The summed E-state index contributed by atoms with van der Waals surface area (Å²) in [6, 6.07) is 13.6. The van der Waals surface area contributed by atoms with E-state index in [2.05, 4.69) is 33.4 Å². The van der Waals surface area contributed by atoms with Gasteiger partial charge in [-0.2, -0.15) is 5.10 Å². The lowest BCUT2D eigenvalue weighted by molar-refractivity contribution is 0.882. The van der Waals surface area contributed by atoms with Crippen molar-refractivity contribution in [1.82, 2.24) is 9.78 Å². The normalized spacial score (nSPS) is 13.0. The molecule has 0 aliphatic carbocycles. The quantitative estimate of drug-likeness (QED) is 0.600. The zero-order chi connectivity index (χ0) is 16.0. The molecular formula is C17H12BrCl2N3. The molecule has 3 nitrogen and oxygen atoms in total. The fourth-order valence-corrected chi connectivity index (χ4v) is 3.59. The first-order valence-electron chi connectivity index (χ1n) is 7.20. The van der Waals surface area contributed by atoms with Gasteiger partial charge in [0.1, 0.15) is 5.82 Å². The van der Waals surface area contributed by atoms with Crippen LogP contribution < -0.4 is 5.32 Å². The van der Waals surface area contributed by atoms with Gasteiger partial charge in [-0.3, -0.25) is 0 Å². The van der Waals surface area contributed by atoms with Crippen LogP contribution in [-0.4, -0.2) is 16.3 Å². The van der Waals surface area contributed by atoms with Gasteiger partial charge >= 0.3 is 0 Å². The lowest BCUT2D eigenvalue weighted by Crippen LogP contribution is -2.04. The maximum absolute atomic E-state index is 6.36. The molecule has 1 aromatic heterocycles. The minimum Gasteiger partial charge on any atom is -0.369 e. The number of nitrogens with zero attached hydrogens (tertiary/aromatic N) is 2. The number of hydrogen-bond acceptors (Lipinski definition) is 2. The smallest absolute Gasteiger partial charge is 0.133 e. The van der Waals surface area contributed by atoms with Gasteiger partial charge in [0.15, 0.2) is 0 Å². The topological polar surface area (TPSA) is 29.9 Å². The Hall–Kier alpha value is -1.49. The molecule has 4 rings (SSSR count). The second-order valence-electron chi connectivity index (χ2n) is 5.37. The molecule has 0 bridgehead atoms. The molecular weight excluding hydrogens is 397 g/mol. The summed E-state index contributed by atoms with van der Waals surface area (Å²) in [5, 5.41) is 9.41. The molecule has 1 N–H and O–H groups in total. The highest BCUT2D eigenvalue weighted by Crippen LogP contribution is 2.36. The molecule has 0 saturated carbocycles. The van der Waals surface area contributed by atoms with Gasteiger partial charge in [-0.15, -0.1) is 0 Å². The zero-order valence-electron chi connectivity index (χ0n) is 12.0. The van der Waals surface area contributed by atoms with Gasteiger partial charge in [-0.1, -0.05) is 51.3 Å². The first-order chi connectivity index (χ1) is 11.1. The van der Waals surface area contributed by atoms with Crippen molar-refractivity contribution < 1.29 is 0 Å². The minimum atomic E-state index is 0.582. The van der Waals surface area contributed by atoms with E-state index in [1.165, 1.54) is 5.56 Å². The summed E-state index contributed by atoms with van der Waals surface area (Å²) in [6.45, 7) is 0.905. The predicted molar refractivity (Wildman–Crippen MR) is 98.9 cm³/mol. The number of halogens is 3. The Balaban J connectivity index is 1.89. The number of rotatable bonds is 2. The monoisotopic (exact) mass is 407 g/mol. The Labute approximate surface area is 152 Å². The van der Waals surface area contributed by atoms with E-state index in [4.69, 9.17) is 28.3 Å². The van der Waals surface area contributed by atoms with E-state index in [9.17, 15) is 0 Å². The van der Waals surface area contributed by atoms with E-state index in [1.54, 1.807) is 6.07 Å². The minimum absolute atomic E-state index is 0.582. The van der Waals surface area contributed by atoms with Crippen molar-refractivity contribution in [1.29, 1.82) is 0 Å². The van der Waals surface area contributed by atoms with Gasteiger partial charge in [0.05, 0.1) is 16.4 Å². The van der Waals surface area contributed by atoms with Crippen LogP contribution in [-0.2, 0) is 6.42 Å². The number of nitrogens with one attached hydrogen (secondary N) is 1. The van der Waals surface area contributed by atoms with E-state index < -0.39 is 0 Å². The molecule has 116 valence electrons. The summed E-state index contributed by atoms with van der Waals surface area (Å²) in [7, 11) is 0. The number of aromatic nitrogens is 2. The van der Waals surface area contributed by atoms with E-state index >= 15 is 0 Å². The third-order valence-corrected chi connectivity index (χ3v) is 4.97. The maximum atomic E-state index is 6.36. The highest BCUT2D eigenvalue weighted by atomic mass is 79.9. The lowest BCUT2D eigenvalue weighted by Gasteiger charge is -2.08. The van der Waals surface area contributed by atoms with Gasteiger partial charge in [0.2, 0.25) is 0 Å². The predicted octanol–water partition coefficient (Wildman–Crippen LogP) is 5.58. The number of fused-ring (bicyclic) bond motifs is 1. The average molecular weight is 409 g/mol. The van der Waals surface area contributed by atoms with Crippen molar-refractivity contribution in [2.75, 3.05) is 11.9 Å². The fraction of sp³-hybridized carbons (Fsp3) is 0.118. The molecule has 0 spiro atoms. The Morgan fingerprint density at radius 1 is 1.09 bits per heavy atom. The molecule has 2 heterocycles. The van der Waals surface area contributed by atoms with Crippen molar-refractivity contribution in [3.05, 3.63) is 62.5 Å². The second kappa shape index (κ2) is 5.86. The second-order valence-corrected chi connectivity index (χ2v) is 7.13. The number of anilines is 1. The van der Waals surface area contributed by atoms with Gasteiger partial charge in [-0.05, 0) is 36.8 Å². The molecule has 6 heteroatoms. The Kier molecular flexibility index (Phi) is 3.84. The summed E-state index contributed by atoms with van der Waals surface area (Å²) in [5.41, 5.74) is 4.13. The number of hydrogen-bond donors (Lipinski definition) is 1.